The van der Waals surface area contributed by atoms with E-state index in [2.05, 4.69) is 4.98 Å². The van der Waals surface area contributed by atoms with E-state index in [1.165, 1.54) is 0 Å². The molecular weight excluding hydrogens is 132 g/mol. The molecule has 0 bridgehead atoms. The Bertz CT molecular complexity index is 158. The summed E-state index contributed by atoms with van der Waals surface area (Å²) in [6.07, 6.45) is 0.892. The summed E-state index contributed by atoms with van der Waals surface area (Å²) in [5.74, 6) is 0. The van der Waals surface area contributed by atoms with Gasteiger partial charge in [-0.05, 0) is 6.92 Å². The van der Waals surface area contributed by atoms with E-state index < -0.39 is 0 Å². The Balaban J connectivity index is 2.48. The van der Waals surface area contributed by atoms with Gasteiger partial charge in [-0.15, -0.1) is 11.3 Å². The lowest BCUT2D eigenvalue weighted by Gasteiger charge is -1.98. The molecule has 2 nitrogen and oxygen atoms in total. The van der Waals surface area contributed by atoms with Crippen LogP contribution in [-0.4, -0.2) is 11.0 Å². The highest BCUT2D eigenvalue weighted by atomic mass is 32.1. The van der Waals surface area contributed by atoms with Crippen molar-refractivity contribution >= 4 is 11.3 Å². The first-order valence-corrected chi connectivity index (χ1v) is 3.86. The highest BCUT2D eigenvalue weighted by Crippen LogP contribution is 2.02. The smallest absolute Gasteiger partial charge is 0.0794 e. The third kappa shape index (κ3) is 2.11. The van der Waals surface area contributed by atoms with E-state index in [1.54, 1.807) is 11.3 Å². The predicted octanol–water partition coefficient (Wildman–Crippen LogP) is 1.03. The average Bonchev–Trinajstić information content (AvgIpc) is 2.15. The van der Waals surface area contributed by atoms with E-state index in [4.69, 9.17) is 5.73 Å². The highest BCUT2D eigenvalue weighted by Gasteiger charge is 1.97. The summed E-state index contributed by atoms with van der Waals surface area (Å²) in [7, 11) is 0. The van der Waals surface area contributed by atoms with Crippen molar-refractivity contribution in [3.63, 3.8) is 0 Å². The van der Waals surface area contributed by atoms with Gasteiger partial charge in [-0.1, -0.05) is 0 Å². The van der Waals surface area contributed by atoms with Crippen molar-refractivity contribution in [3.8, 4) is 0 Å². The summed E-state index contributed by atoms with van der Waals surface area (Å²) < 4.78 is 0. The second kappa shape index (κ2) is 2.94. The second-order valence-electron chi connectivity index (χ2n) is 2.16. The third-order valence-corrected chi connectivity index (χ3v) is 1.65. The van der Waals surface area contributed by atoms with Gasteiger partial charge in [-0.2, -0.15) is 0 Å². The Labute approximate surface area is 58.7 Å². The molecular formula is C6H10N2S. The molecule has 1 heterocycles. The van der Waals surface area contributed by atoms with E-state index in [9.17, 15) is 0 Å². The zero-order valence-corrected chi connectivity index (χ0v) is 6.19. The maximum Gasteiger partial charge on any atom is 0.0794 e. The molecule has 1 atom stereocenters. The van der Waals surface area contributed by atoms with Crippen LogP contribution in [0.5, 0.6) is 0 Å². The van der Waals surface area contributed by atoms with Crippen molar-refractivity contribution in [3.05, 3.63) is 16.6 Å². The molecule has 1 aromatic heterocycles. The van der Waals surface area contributed by atoms with Crippen LogP contribution >= 0.6 is 11.3 Å². The van der Waals surface area contributed by atoms with Crippen molar-refractivity contribution in [1.82, 2.24) is 4.98 Å². The number of hydrogen-bond donors (Lipinski definition) is 1. The lowest BCUT2D eigenvalue weighted by molar-refractivity contribution is 0.726. The van der Waals surface area contributed by atoms with E-state index >= 15 is 0 Å². The van der Waals surface area contributed by atoms with Crippen LogP contribution in [0.3, 0.4) is 0 Å². The molecule has 0 aromatic carbocycles. The molecule has 0 unspecified atom stereocenters. The minimum absolute atomic E-state index is 0.229. The fraction of sp³-hybridized carbons (Fsp3) is 0.500. The van der Waals surface area contributed by atoms with E-state index in [0.717, 1.165) is 12.1 Å². The standard InChI is InChI=1S/C6H10N2S/c1-5(7)2-6-3-9-4-8-6/h3-5H,2,7H2,1H3/t5-/m0/s1. The Morgan fingerprint density at radius 2 is 2.67 bits per heavy atom. The first kappa shape index (κ1) is 6.71. The van der Waals surface area contributed by atoms with Crippen LogP contribution in [0.1, 0.15) is 12.6 Å². The summed E-state index contributed by atoms with van der Waals surface area (Å²) in [6, 6.07) is 0.229. The molecule has 3 heteroatoms. The largest absolute Gasteiger partial charge is 0.328 e. The van der Waals surface area contributed by atoms with Crippen molar-refractivity contribution in [2.24, 2.45) is 5.73 Å². The van der Waals surface area contributed by atoms with Gasteiger partial charge < -0.3 is 5.73 Å². The maximum absolute atomic E-state index is 5.55. The zero-order chi connectivity index (χ0) is 6.69. The molecule has 1 rings (SSSR count). The van der Waals surface area contributed by atoms with Gasteiger partial charge in [-0.25, -0.2) is 4.98 Å². The average molecular weight is 142 g/mol. The van der Waals surface area contributed by atoms with Gasteiger partial charge in [0.05, 0.1) is 11.2 Å². The molecule has 0 aliphatic heterocycles. The lowest BCUT2D eigenvalue weighted by Crippen LogP contribution is -2.17. The molecule has 0 fully saturated rings. The van der Waals surface area contributed by atoms with Crippen molar-refractivity contribution in [2.45, 2.75) is 19.4 Å². The van der Waals surface area contributed by atoms with Crippen LogP contribution in [-0.2, 0) is 6.42 Å². The number of hydrogen-bond acceptors (Lipinski definition) is 3. The minimum Gasteiger partial charge on any atom is -0.328 e. The molecule has 1 aromatic rings. The number of thiazole rings is 1. The molecule has 2 N–H and O–H groups in total. The van der Waals surface area contributed by atoms with Crippen LogP contribution in [0.25, 0.3) is 0 Å². The third-order valence-electron chi connectivity index (χ3n) is 1.01. The van der Waals surface area contributed by atoms with Crippen LogP contribution in [0, 0.1) is 0 Å². The Kier molecular flexibility index (Phi) is 2.19. The van der Waals surface area contributed by atoms with Crippen molar-refractivity contribution in [1.29, 1.82) is 0 Å². The number of rotatable bonds is 2. The van der Waals surface area contributed by atoms with Crippen LogP contribution in [0.15, 0.2) is 10.9 Å². The van der Waals surface area contributed by atoms with Gasteiger partial charge >= 0.3 is 0 Å². The summed E-state index contributed by atoms with van der Waals surface area (Å²) >= 11 is 1.61. The van der Waals surface area contributed by atoms with Gasteiger partial charge in [0.2, 0.25) is 0 Å². The molecule has 0 saturated carbocycles. The van der Waals surface area contributed by atoms with Crippen molar-refractivity contribution in [2.75, 3.05) is 0 Å². The molecule has 0 aliphatic rings. The Morgan fingerprint density at radius 1 is 1.89 bits per heavy atom. The van der Waals surface area contributed by atoms with E-state index in [1.807, 2.05) is 17.8 Å². The summed E-state index contributed by atoms with van der Waals surface area (Å²) in [5, 5.41) is 2.03. The van der Waals surface area contributed by atoms with Crippen molar-refractivity contribution < 1.29 is 0 Å². The summed E-state index contributed by atoms with van der Waals surface area (Å²) in [6.45, 7) is 1.99. The van der Waals surface area contributed by atoms with Crippen LogP contribution < -0.4 is 5.73 Å². The molecule has 0 aliphatic carbocycles. The molecule has 0 saturated heterocycles. The van der Waals surface area contributed by atoms with Crippen LogP contribution in [0.2, 0.25) is 0 Å². The summed E-state index contributed by atoms with van der Waals surface area (Å²) in [5.41, 5.74) is 8.49. The van der Waals surface area contributed by atoms with E-state index in [-0.39, 0.29) is 6.04 Å². The molecule has 0 spiro atoms. The fourth-order valence-corrected chi connectivity index (χ4v) is 1.24. The molecule has 0 amide bonds. The predicted molar refractivity (Wildman–Crippen MR) is 39.5 cm³/mol. The zero-order valence-electron chi connectivity index (χ0n) is 5.37. The van der Waals surface area contributed by atoms with Gasteiger partial charge in [0.1, 0.15) is 0 Å². The van der Waals surface area contributed by atoms with Gasteiger partial charge in [0.15, 0.2) is 0 Å². The molecule has 9 heavy (non-hydrogen) atoms. The number of aromatic nitrogens is 1. The first-order chi connectivity index (χ1) is 4.29. The number of nitrogens with zero attached hydrogens (tertiary/aromatic N) is 1. The fourth-order valence-electron chi connectivity index (χ4n) is 0.668. The Hall–Kier alpha value is -0.410. The molecule has 0 radical (unpaired) electrons. The van der Waals surface area contributed by atoms with Crippen LogP contribution in [0.4, 0.5) is 0 Å². The SMILES string of the molecule is C[C@H](N)Cc1cscn1. The minimum atomic E-state index is 0.229. The number of nitrogens with two attached hydrogens (primary N) is 1. The van der Waals surface area contributed by atoms with Gasteiger partial charge in [-0.3, -0.25) is 0 Å². The normalized spacial score (nSPS) is 13.6. The molecule has 50 valence electrons. The maximum atomic E-state index is 5.55. The first-order valence-electron chi connectivity index (χ1n) is 2.91. The van der Waals surface area contributed by atoms with Gasteiger partial charge in [0, 0.05) is 17.8 Å². The van der Waals surface area contributed by atoms with Gasteiger partial charge in [0.25, 0.3) is 0 Å². The summed E-state index contributed by atoms with van der Waals surface area (Å²) in [4.78, 5) is 4.09. The highest BCUT2D eigenvalue weighted by molar-refractivity contribution is 7.07. The Morgan fingerprint density at radius 3 is 3.11 bits per heavy atom. The monoisotopic (exact) mass is 142 g/mol. The topological polar surface area (TPSA) is 38.9 Å². The second-order valence-corrected chi connectivity index (χ2v) is 2.88. The lowest BCUT2D eigenvalue weighted by atomic mass is 10.2. The van der Waals surface area contributed by atoms with E-state index in [0.29, 0.717) is 0 Å². The quantitative estimate of drug-likeness (QED) is 0.670.